The van der Waals surface area contributed by atoms with Crippen molar-refractivity contribution in [1.82, 2.24) is 9.55 Å². The summed E-state index contributed by atoms with van der Waals surface area (Å²) in [5.41, 5.74) is 1.85. The first-order valence-electron chi connectivity index (χ1n) is 7.24. The zero-order chi connectivity index (χ0) is 17.3. The lowest BCUT2D eigenvalue weighted by Gasteiger charge is -2.13. The summed E-state index contributed by atoms with van der Waals surface area (Å²) in [6, 6.07) is 13.1. The van der Waals surface area contributed by atoms with Crippen molar-refractivity contribution in [2.24, 2.45) is 0 Å². The highest BCUT2D eigenvalue weighted by Crippen LogP contribution is 2.37. The average molecular weight is 395 g/mol. The third-order valence-corrected chi connectivity index (χ3v) is 3.81. The molecule has 1 aromatic heterocycles. The van der Waals surface area contributed by atoms with Crippen molar-refractivity contribution in [3.63, 3.8) is 0 Å². The minimum Gasteiger partial charge on any atom is -0.462 e. The summed E-state index contributed by atoms with van der Waals surface area (Å²) in [6.07, 6.45) is 0. The van der Waals surface area contributed by atoms with E-state index in [0.717, 1.165) is 0 Å². The van der Waals surface area contributed by atoms with Crippen molar-refractivity contribution >= 4 is 32.9 Å². The van der Waals surface area contributed by atoms with E-state index in [1.54, 1.807) is 43.3 Å². The Bertz CT molecular complexity index is 886. The Morgan fingerprint density at radius 2 is 1.88 bits per heavy atom. The summed E-state index contributed by atoms with van der Waals surface area (Å²) in [6.45, 7) is 1.99. The lowest BCUT2D eigenvalue weighted by Crippen LogP contribution is -2.12. The molecule has 3 aromatic rings. The number of fused-ring (bicyclic) bond motifs is 1. The maximum Gasteiger partial charge on any atom is 0.358 e. The van der Waals surface area contributed by atoms with Gasteiger partial charge in [-0.3, -0.25) is 4.57 Å². The second-order valence-electron chi connectivity index (χ2n) is 5.02. The van der Waals surface area contributed by atoms with Gasteiger partial charge in [0.25, 0.3) is 0 Å². The molecule has 0 bridgehead atoms. The van der Waals surface area contributed by atoms with E-state index in [1.807, 2.05) is 0 Å². The van der Waals surface area contributed by atoms with E-state index in [4.69, 9.17) is 4.74 Å². The van der Waals surface area contributed by atoms with Gasteiger partial charge in [-0.15, -0.1) is 0 Å². The van der Waals surface area contributed by atoms with E-state index in [0.29, 0.717) is 22.3 Å². The maximum atomic E-state index is 13.9. The number of aromatic nitrogens is 2. The van der Waals surface area contributed by atoms with Crippen molar-refractivity contribution in [3.8, 4) is 5.69 Å². The van der Waals surface area contributed by atoms with E-state index in [1.165, 1.54) is 16.7 Å². The lowest BCUT2D eigenvalue weighted by molar-refractivity contribution is 0.0526. The minimum atomic E-state index is -3.29. The fourth-order valence-electron chi connectivity index (χ4n) is 2.44. The molecule has 0 atom stereocenters. The smallest absolute Gasteiger partial charge is 0.358 e. The Balaban J connectivity index is 2.13. The first-order valence-corrected chi connectivity index (χ1v) is 8.03. The number of nitrogens with zero attached hydrogens (tertiary/aromatic N) is 2. The van der Waals surface area contributed by atoms with Gasteiger partial charge in [-0.05, 0) is 59.3 Å². The van der Waals surface area contributed by atoms with Gasteiger partial charge in [0.2, 0.25) is 0 Å². The van der Waals surface area contributed by atoms with Crippen LogP contribution in [0.25, 0.3) is 16.7 Å². The summed E-state index contributed by atoms with van der Waals surface area (Å²) in [7, 11) is 0. The molecule has 0 unspecified atom stereocenters. The number of alkyl halides is 3. The Hall–Kier alpha value is -2.28. The van der Waals surface area contributed by atoms with E-state index < -0.39 is 16.6 Å². The van der Waals surface area contributed by atoms with E-state index >= 15 is 0 Å². The van der Waals surface area contributed by atoms with Gasteiger partial charge in [0, 0.05) is 5.69 Å². The second-order valence-corrected chi connectivity index (χ2v) is 6.02. The summed E-state index contributed by atoms with van der Waals surface area (Å²) < 4.78 is 34.1. The third kappa shape index (κ3) is 3.03. The second kappa shape index (κ2) is 6.32. The molecule has 0 radical (unpaired) electrons. The molecule has 2 aromatic carbocycles. The van der Waals surface area contributed by atoms with Gasteiger partial charge in [-0.1, -0.05) is 12.1 Å². The molecular formula is C17H13BrF2N2O2. The zero-order valence-electron chi connectivity index (χ0n) is 12.7. The van der Waals surface area contributed by atoms with Crippen molar-refractivity contribution in [1.29, 1.82) is 0 Å². The van der Waals surface area contributed by atoms with Crippen LogP contribution in [-0.4, -0.2) is 22.1 Å². The van der Waals surface area contributed by atoms with Crippen LogP contribution >= 0.6 is 15.9 Å². The quantitative estimate of drug-likeness (QED) is 0.477. The highest BCUT2D eigenvalue weighted by molar-refractivity contribution is 9.09. The number of para-hydroxylation sites is 2. The summed E-state index contributed by atoms with van der Waals surface area (Å²) in [5, 5.41) is 0. The van der Waals surface area contributed by atoms with Crippen LogP contribution in [0.15, 0.2) is 48.5 Å². The van der Waals surface area contributed by atoms with E-state index in [9.17, 15) is 13.6 Å². The first kappa shape index (κ1) is 16.6. The number of esters is 1. The van der Waals surface area contributed by atoms with Crippen LogP contribution in [-0.2, 0) is 9.57 Å². The van der Waals surface area contributed by atoms with Crippen molar-refractivity contribution in [2.75, 3.05) is 6.61 Å². The molecule has 0 saturated heterocycles. The molecule has 7 heteroatoms. The summed E-state index contributed by atoms with van der Waals surface area (Å²) >= 11 is 2.38. The van der Waals surface area contributed by atoms with Gasteiger partial charge in [-0.2, -0.15) is 8.78 Å². The monoisotopic (exact) mass is 394 g/mol. The number of imidazole rings is 1. The molecule has 0 N–H and O–H groups in total. The largest absolute Gasteiger partial charge is 0.462 e. The van der Waals surface area contributed by atoms with E-state index in [2.05, 4.69) is 20.9 Å². The standard InChI is InChI=1S/C17H13BrF2N2O2/c1-2-24-15(23)11-7-9-12(10-8-11)22-14-6-4-3-5-13(14)21-16(22)17(18,19)20/h3-10H,2H2,1H3. The number of ether oxygens (including phenoxy) is 1. The highest BCUT2D eigenvalue weighted by Gasteiger charge is 2.34. The zero-order valence-corrected chi connectivity index (χ0v) is 14.3. The Morgan fingerprint density at radius 3 is 2.50 bits per heavy atom. The van der Waals surface area contributed by atoms with Gasteiger partial charge < -0.3 is 4.74 Å². The normalized spacial score (nSPS) is 11.7. The van der Waals surface area contributed by atoms with Crippen LogP contribution in [0.3, 0.4) is 0 Å². The van der Waals surface area contributed by atoms with Gasteiger partial charge in [0.05, 0.1) is 23.2 Å². The molecule has 0 spiro atoms. The highest BCUT2D eigenvalue weighted by atomic mass is 79.9. The topological polar surface area (TPSA) is 44.1 Å². The summed E-state index contributed by atoms with van der Waals surface area (Å²) in [4.78, 5) is 12.4. The fraction of sp³-hybridized carbons (Fsp3) is 0.176. The molecule has 0 aliphatic rings. The molecule has 3 rings (SSSR count). The average Bonchev–Trinajstić information content (AvgIpc) is 2.95. The molecule has 24 heavy (non-hydrogen) atoms. The number of benzene rings is 2. The van der Waals surface area contributed by atoms with Crippen LogP contribution in [0, 0.1) is 0 Å². The van der Waals surface area contributed by atoms with Crippen LogP contribution in [0.1, 0.15) is 23.1 Å². The van der Waals surface area contributed by atoms with E-state index in [-0.39, 0.29) is 6.61 Å². The number of hydrogen-bond donors (Lipinski definition) is 0. The van der Waals surface area contributed by atoms with Crippen LogP contribution < -0.4 is 0 Å². The fourth-order valence-corrected chi connectivity index (χ4v) is 2.70. The first-order chi connectivity index (χ1) is 11.4. The Morgan fingerprint density at radius 1 is 1.21 bits per heavy atom. The number of halogens is 3. The van der Waals surface area contributed by atoms with Gasteiger partial charge in [0.1, 0.15) is 0 Å². The molecule has 0 aliphatic carbocycles. The maximum absolute atomic E-state index is 13.9. The summed E-state index contributed by atoms with van der Waals surface area (Å²) in [5.74, 6) is -0.877. The van der Waals surface area contributed by atoms with Crippen LogP contribution in [0.4, 0.5) is 8.78 Å². The van der Waals surface area contributed by atoms with Crippen LogP contribution in [0.2, 0.25) is 0 Å². The lowest BCUT2D eigenvalue weighted by atomic mass is 10.2. The van der Waals surface area contributed by atoms with Crippen molar-refractivity contribution in [2.45, 2.75) is 11.8 Å². The van der Waals surface area contributed by atoms with Gasteiger partial charge in [-0.25, -0.2) is 9.78 Å². The molecule has 0 aliphatic heterocycles. The molecule has 0 fully saturated rings. The number of carbonyl (C=O) groups excluding carboxylic acids is 1. The number of hydrogen-bond acceptors (Lipinski definition) is 3. The van der Waals surface area contributed by atoms with Crippen molar-refractivity contribution in [3.05, 3.63) is 59.9 Å². The Labute approximate surface area is 145 Å². The molecule has 124 valence electrons. The third-order valence-electron chi connectivity index (χ3n) is 3.45. The number of rotatable bonds is 4. The predicted molar refractivity (Wildman–Crippen MR) is 89.8 cm³/mol. The number of carbonyl (C=O) groups is 1. The SMILES string of the molecule is CCOC(=O)c1ccc(-n2c(C(F)(F)Br)nc3ccccc32)cc1. The predicted octanol–water partition coefficient (Wildman–Crippen LogP) is 4.65. The molecular weight excluding hydrogens is 382 g/mol. The molecule has 4 nitrogen and oxygen atoms in total. The molecule has 0 amide bonds. The van der Waals surface area contributed by atoms with Gasteiger partial charge >= 0.3 is 10.8 Å². The van der Waals surface area contributed by atoms with Crippen LogP contribution in [0.5, 0.6) is 0 Å². The van der Waals surface area contributed by atoms with Gasteiger partial charge in [0.15, 0.2) is 5.82 Å². The minimum absolute atomic E-state index is 0.271. The Kier molecular flexibility index (Phi) is 4.36. The molecule has 0 saturated carbocycles. The molecule has 1 heterocycles. The van der Waals surface area contributed by atoms with Crippen molar-refractivity contribution < 1.29 is 18.3 Å².